The van der Waals surface area contributed by atoms with Crippen LogP contribution in [-0.2, 0) is 28.6 Å². The SMILES string of the molecule is C=C=C1CCC(C(=O)OC)(C(=O)OC)C=C1C(C)(C)OC(C)=O. The third-order valence-electron chi connectivity index (χ3n) is 3.85. The van der Waals surface area contributed by atoms with Crippen LogP contribution in [-0.4, -0.2) is 37.7 Å². The maximum Gasteiger partial charge on any atom is 0.327 e. The second-order valence-electron chi connectivity index (χ2n) is 5.77. The highest BCUT2D eigenvalue weighted by molar-refractivity contribution is 6.03. The van der Waals surface area contributed by atoms with Crippen molar-refractivity contribution < 1.29 is 28.6 Å². The summed E-state index contributed by atoms with van der Waals surface area (Å²) < 4.78 is 14.9. The molecular weight excluding hydrogens is 300 g/mol. The quantitative estimate of drug-likeness (QED) is 0.341. The van der Waals surface area contributed by atoms with E-state index < -0.39 is 28.9 Å². The smallest absolute Gasteiger partial charge is 0.327 e. The summed E-state index contributed by atoms with van der Waals surface area (Å²) in [5, 5.41) is 0. The van der Waals surface area contributed by atoms with E-state index in [9.17, 15) is 14.4 Å². The molecule has 0 spiro atoms. The number of hydrogen-bond acceptors (Lipinski definition) is 6. The average Bonchev–Trinajstić information content (AvgIpc) is 2.51. The van der Waals surface area contributed by atoms with Gasteiger partial charge in [-0.2, -0.15) is 0 Å². The number of rotatable bonds is 4. The summed E-state index contributed by atoms with van der Waals surface area (Å²) in [5.41, 5.74) is 1.33. The molecule has 1 aliphatic rings. The van der Waals surface area contributed by atoms with Crippen molar-refractivity contribution in [1.82, 2.24) is 0 Å². The van der Waals surface area contributed by atoms with Crippen molar-refractivity contribution in [2.24, 2.45) is 5.41 Å². The van der Waals surface area contributed by atoms with Gasteiger partial charge in [-0.15, -0.1) is 5.73 Å². The van der Waals surface area contributed by atoms with E-state index in [1.807, 2.05) is 0 Å². The summed E-state index contributed by atoms with van der Waals surface area (Å²) in [5.74, 6) is -1.92. The normalized spacial score (nSPS) is 16.7. The fourth-order valence-electron chi connectivity index (χ4n) is 2.77. The molecule has 1 rings (SSSR count). The van der Waals surface area contributed by atoms with Gasteiger partial charge in [0.1, 0.15) is 5.60 Å². The standard InChI is InChI=1S/C17H22O6/c1-7-12-8-9-17(14(19)21-5,15(20)22-6)10-13(12)16(3,4)23-11(2)18/h10H,1,8-9H2,2-6H3. The number of methoxy groups -OCH3 is 2. The van der Waals surface area contributed by atoms with Crippen LogP contribution in [0.3, 0.4) is 0 Å². The van der Waals surface area contributed by atoms with Gasteiger partial charge in [0.15, 0.2) is 5.41 Å². The molecule has 0 amide bonds. The summed E-state index contributed by atoms with van der Waals surface area (Å²) in [6, 6.07) is 0. The molecule has 0 radical (unpaired) electrons. The molecule has 0 aromatic heterocycles. The summed E-state index contributed by atoms with van der Waals surface area (Å²) in [6.45, 7) is 8.26. The lowest BCUT2D eigenvalue weighted by molar-refractivity contribution is -0.165. The molecular formula is C17H22O6. The van der Waals surface area contributed by atoms with E-state index in [1.165, 1.54) is 27.2 Å². The van der Waals surface area contributed by atoms with E-state index in [4.69, 9.17) is 14.2 Å². The number of carbonyl (C=O) groups is 3. The lowest BCUT2D eigenvalue weighted by Gasteiger charge is -2.36. The fraction of sp³-hybridized carbons (Fsp3) is 0.529. The zero-order valence-electron chi connectivity index (χ0n) is 14.1. The van der Waals surface area contributed by atoms with Crippen LogP contribution in [0.1, 0.15) is 33.6 Å². The van der Waals surface area contributed by atoms with Crippen LogP contribution in [0.4, 0.5) is 0 Å². The van der Waals surface area contributed by atoms with Gasteiger partial charge in [0.25, 0.3) is 0 Å². The Balaban J connectivity index is 3.56. The Morgan fingerprint density at radius 2 is 1.74 bits per heavy atom. The van der Waals surface area contributed by atoms with Crippen molar-refractivity contribution in [3.05, 3.63) is 29.5 Å². The Morgan fingerprint density at radius 3 is 2.13 bits per heavy atom. The Bertz CT molecular complexity index is 589. The van der Waals surface area contributed by atoms with Crippen LogP contribution in [0.5, 0.6) is 0 Å². The molecule has 1 aliphatic carbocycles. The first kappa shape index (κ1) is 18.7. The molecule has 126 valence electrons. The van der Waals surface area contributed by atoms with E-state index in [-0.39, 0.29) is 6.42 Å². The van der Waals surface area contributed by atoms with Crippen LogP contribution in [0.25, 0.3) is 0 Å². The highest BCUT2D eigenvalue weighted by Gasteiger charge is 2.50. The molecule has 0 unspecified atom stereocenters. The number of esters is 3. The van der Waals surface area contributed by atoms with Crippen LogP contribution in [0, 0.1) is 5.41 Å². The van der Waals surface area contributed by atoms with E-state index in [0.29, 0.717) is 17.6 Å². The molecule has 0 aromatic rings. The monoisotopic (exact) mass is 322 g/mol. The Hall–Kier alpha value is -2.33. The molecule has 0 aromatic carbocycles. The van der Waals surface area contributed by atoms with E-state index >= 15 is 0 Å². The maximum absolute atomic E-state index is 12.3. The zero-order chi connectivity index (χ0) is 17.8. The predicted octanol–water partition coefficient (Wildman–Crippen LogP) is 2.09. The maximum atomic E-state index is 12.3. The van der Waals surface area contributed by atoms with E-state index in [2.05, 4.69) is 12.3 Å². The number of carbonyl (C=O) groups excluding carboxylic acids is 3. The lowest BCUT2D eigenvalue weighted by Crippen LogP contribution is -2.44. The van der Waals surface area contributed by atoms with Crippen molar-refractivity contribution in [1.29, 1.82) is 0 Å². The van der Waals surface area contributed by atoms with Crippen LogP contribution in [0.2, 0.25) is 0 Å². The van der Waals surface area contributed by atoms with Crippen LogP contribution >= 0.6 is 0 Å². The van der Waals surface area contributed by atoms with Gasteiger partial charge >= 0.3 is 17.9 Å². The first-order valence-electron chi connectivity index (χ1n) is 7.13. The zero-order valence-corrected chi connectivity index (χ0v) is 14.1. The minimum Gasteiger partial charge on any atom is -0.468 e. The molecule has 0 saturated heterocycles. The van der Waals surface area contributed by atoms with Crippen molar-refractivity contribution in [3.63, 3.8) is 0 Å². The Kier molecular flexibility index (Phi) is 5.56. The van der Waals surface area contributed by atoms with Crippen molar-refractivity contribution >= 4 is 17.9 Å². The molecule has 0 bridgehead atoms. The van der Waals surface area contributed by atoms with Gasteiger partial charge in [-0.25, -0.2) is 0 Å². The van der Waals surface area contributed by atoms with E-state index in [0.717, 1.165) is 0 Å². The summed E-state index contributed by atoms with van der Waals surface area (Å²) in [6.07, 6.45) is 1.97. The topological polar surface area (TPSA) is 78.9 Å². The highest BCUT2D eigenvalue weighted by atomic mass is 16.6. The van der Waals surface area contributed by atoms with Gasteiger partial charge in [-0.05, 0) is 32.8 Å². The first-order chi connectivity index (χ1) is 10.6. The number of hydrogen-bond donors (Lipinski definition) is 0. The third-order valence-corrected chi connectivity index (χ3v) is 3.85. The third kappa shape index (κ3) is 3.54. The molecule has 0 N–H and O–H groups in total. The first-order valence-corrected chi connectivity index (χ1v) is 7.13. The predicted molar refractivity (Wildman–Crippen MR) is 82.3 cm³/mol. The van der Waals surface area contributed by atoms with E-state index in [1.54, 1.807) is 13.8 Å². The summed E-state index contributed by atoms with van der Waals surface area (Å²) >= 11 is 0. The second kappa shape index (κ2) is 6.84. The summed E-state index contributed by atoms with van der Waals surface area (Å²) in [7, 11) is 2.41. The minimum absolute atomic E-state index is 0.170. The molecule has 23 heavy (non-hydrogen) atoms. The van der Waals surface area contributed by atoms with Crippen molar-refractivity contribution in [2.75, 3.05) is 14.2 Å². The molecule has 6 heteroatoms. The molecule has 0 saturated carbocycles. The van der Waals surface area contributed by atoms with Crippen molar-refractivity contribution in [3.8, 4) is 0 Å². The van der Waals surface area contributed by atoms with Crippen LogP contribution < -0.4 is 0 Å². The summed E-state index contributed by atoms with van der Waals surface area (Å²) in [4.78, 5) is 35.9. The van der Waals surface area contributed by atoms with Crippen molar-refractivity contribution in [2.45, 2.75) is 39.2 Å². The van der Waals surface area contributed by atoms with Gasteiger partial charge in [0.05, 0.1) is 14.2 Å². The fourth-order valence-corrected chi connectivity index (χ4v) is 2.77. The van der Waals surface area contributed by atoms with Gasteiger partial charge < -0.3 is 14.2 Å². The van der Waals surface area contributed by atoms with Crippen LogP contribution in [0.15, 0.2) is 29.5 Å². The molecule has 0 fully saturated rings. The van der Waals surface area contributed by atoms with Gasteiger partial charge in [0.2, 0.25) is 0 Å². The average molecular weight is 322 g/mol. The van der Waals surface area contributed by atoms with Gasteiger partial charge in [0, 0.05) is 18.1 Å². The minimum atomic E-state index is -1.57. The highest BCUT2D eigenvalue weighted by Crippen LogP contribution is 2.43. The molecule has 0 heterocycles. The largest absolute Gasteiger partial charge is 0.468 e. The second-order valence-corrected chi connectivity index (χ2v) is 5.77. The molecule has 0 aliphatic heterocycles. The lowest BCUT2D eigenvalue weighted by atomic mass is 9.71. The molecule has 6 nitrogen and oxygen atoms in total. The van der Waals surface area contributed by atoms with Gasteiger partial charge in [-0.1, -0.05) is 6.58 Å². The van der Waals surface area contributed by atoms with Gasteiger partial charge in [-0.3, -0.25) is 14.4 Å². The number of ether oxygens (including phenoxy) is 3. The Morgan fingerprint density at radius 1 is 1.22 bits per heavy atom. The molecule has 0 atom stereocenters. The Labute approximate surface area is 135 Å².